The molecule has 180 valence electrons. The summed E-state index contributed by atoms with van der Waals surface area (Å²) in [7, 11) is 2.80. The molecule has 0 saturated carbocycles. The number of ketones is 1. The second-order valence-electron chi connectivity index (χ2n) is 7.61. The lowest BCUT2D eigenvalue weighted by atomic mass is 9.98. The van der Waals surface area contributed by atoms with Gasteiger partial charge in [0, 0.05) is 11.8 Å². The van der Waals surface area contributed by atoms with Crippen molar-refractivity contribution in [1.82, 2.24) is 0 Å². The molecule has 1 unspecified atom stereocenters. The number of methoxy groups -OCH3 is 2. The van der Waals surface area contributed by atoms with Crippen LogP contribution in [0, 0.1) is 0 Å². The van der Waals surface area contributed by atoms with Gasteiger partial charge in [-0.25, -0.2) is 0 Å². The molecule has 1 fully saturated rings. The molecule has 1 aliphatic rings. The molecule has 0 spiro atoms. The number of anilines is 1. The van der Waals surface area contributed by atoms with Crippen LogP contribution >= 0.6 is 11.6 Å². The Balaban J connectivity index is 1.89. The first-order chi connectivity index (χ1) is 16.8. The summed E-state index contributed by atoms with van der Waals surface area (Å²) in [6.07, 6.45) is 1.19. The van der Waals surface area contributed by atoms with E-state index < -0.39 is 29.5 Å². The SMILES string of the molecule is COc1cc(OC)c(/C(O)=C2/C(=O)C(=O)N(c3ccc(CC(=O)O)cc3)C2c2ccco2)cc1Cl. The Kier molecular flexibility index (Phi) is 6.52. The Morgan fingerprint density at radius 2 is 1.74 bits per heavy atom. The van der Waals surface area contributed by atoms with Crippen LogP contribution in [0.5, 0.6) is 11.5 Å². The molecule has 4 rings (SSSR count). The zero-order valence-corrected chi connectivity index (χ0v) is 19.4. The summed E-state index contributed by atoms with van der Waals surface area (Å²) in [6.45, 7) is 0. The fourth-order valence-electron chi connectivity index (χ4n) is 3.95. The van der Waals surface area contributed by atoms with Crippen molar-refractivity contribution in [2.45, 2.75) is 12.5 Å². The van der Waals surface area contributed by atoms with Crippen LogP contribution < -0.4 is 14.4 Å². The van der Waals surface area contributed by atoms with E-state index in [1.807, 2.05) is 0 Å². The number of carboxylic acids is 1. The molecule has 1 atom stereocenters. The standard InChI is InChI=1S/C25H20ClNO8/c1-33-18-12-19(34-2)16(26)11-15(18)23(30)21-22(17-4-3-9-35-17)27(25(32)24(21)31)14-7-5-13(6-8-14)10-20(28)29/h3-9,11-12,22,30H,10H2,1-2H3,(H,28,29)/b23-21-. The number of carbonyl (C=O) groups is 3. The van der Waals surface area contributed by atoms with E-state index in [0.717, 1.165) is 0 Å². The molecule has 1 aromatic heterocycles. The first kappa shape index (κ1) is 23.9. The number of rotatable bonds is 7. The van der Waals surface area contributed by atoms with Crippen molar-refractivity contribution in [1.29, 1.82) is 0 Å². The van der Waals surface area contributed by atoms with E-state index in [2.05, 4.69) is 0 Å². The average molecular weight is 498 g/mol. The van der Waals surface area contributed by atoms with Gasteiger partial charge in [0.1, 0.15) is 29.1 Å². The second kappa shape index (κ2) is 9.55. The highest BCUT2D eigenvalue weighted by molar-refractivity contribution is 6.51. The third-order valence-corrected chi connectivity index (χ3v) is 5.85. The number of aliphatic hydroxyl groups is 1. The highest BCUT2D eigenvalue weighted by atomic mass is 35.5. The number of furan rings is 1. The van der Waals surface area contributed by atoms with Gasteiger partial charge in [-0.1, -0.05) is 23.7 Å². The highest BCUT2D eigenvalue weighted by Gasteiger charge is 2.48. The monoisotopic (exact) mass is 497 g/mol. The summed E-state index contributed by atoms with van der Waals surface area (Å²) >= 11 is 6.25. The van der Waals surface area contributed by atoms with Crippen LogP contribution in [0.15, 0.2) is 64.8 Å². The van der Waals surface area contributed by atoms with Crippen LogP contribution in [0.2, 0.25) is 5.02 Å². The van der Waals surface area contributed by atoms with E-state index in [9.17, 15) is 19.5 Å². The molecule has 3 aromatic rings. The quantitative estimate of drug-likeness (QED) is 0.282. The van der Waals surface area contributed by atoms with Gasteiger partial charge < -0.3 is 24.1 Å². The molecule has 0 bridgehead atoms. The minimum atomic E-state index is -1.10. The average Bonchev–Trinajstić information content (AvgIpc) is 3.45. The van der Waals surface area contributed by atoms with Crippen molar-refractivity contribution in [3.8, 4) is 11.5 Å². The van der Waals surface area contributed by atoms with E-state index in [0.29, 0.717) is 17.0 Å². The molecule has 0 aliphatic carbocycles. The lowest BCUT2D eigenvalue weighted by molar-refractivity contribution is -0.136. The zero-order chi connectivity index (χ0) is 25.3. The molecule has 2 N–H and O–H groups in total. The Labute approximate surface area is 204 Å². The predicted octanol–water partition coefficient (Wildman–Crippen LogP) is 4.20. The maximum atomic E-state index is 13.2. The van der Waals surface area contributed by atoms with Crippen LogP contribution in [0.1, 0.15) is 22.9 Å². The zero-order valence-electron chi connectivity index (χ0n) is 18.6. The molecular formula is C25H20ClNO8. The fraction of sp³-hybridized carbons (Fsp3) is 0.160. The third-order valence-electron chi connectivity index (χ3n) is 5.56. The van der Waals surface area contributed by atoms with Gasteiger partial charge in [0.2, 0.25) is 0 Å². The molecular weight excluding hydrogens is 478 g/mol. The molecule has 1 amide bonds. The Morgan fingerprint density at radius 3 is 2.31 bits per heavy atom. The molecule has 35 heavy (non-hydrogen) atoms. The number of hydrogen-bond donors (Lipinski definition) is 2. The number of aliphatic hydroxyl groups excluding tert-OH is 1. The van der Waals surface area contributed by atoms with Gasteiger partial charge in [-0.2, -0.15) is 0 Å². The Morgan fingerprint density at radius 1 is 1.06 bits per heavy atom. The van der Waals surface area contributed by atoms with Crippen LogP contribution in [0.3, 0.4) is 0 Å². The van der Waals surface area contributed by atoms with Crippen LogP contribution in [0.4, 0.5) is 5.69 Å². The van der Waals surface area contributed by atoms with Crippen molar-refractivity contribution in [3.05, 3.63) is 82.3 Å². The summed E-state index contributed by atoms with van der Waals surface area (Å²) < 4.78 is 16.1. The number of hydrogen-bond acceptors (Lipinski definition) is 7. The van der Waals surface area contributed by atoms with Crippen molar-refractivity contribution >= 4 is 40.7 Å². The van der Waals surface area contributed by atoms with Crippen LogP contribution in [0.25, 0.3) is 5.76 Å². The number of amides is 1. The first-order valence-corrected chi connectivity index (χ1v) is 10.7. The van der Waals surface area contributed by atoms with Gasteiger partial charge in [0.15, 0.2) is 0 Å². The largest absolute Gasteiger partial charge is 0.507 e. The fourth-order valence-corrected chi connectivity index (χ4v) is 4.19. The van der Waals surface area contributed by atoms with E-state index >= 15 is 0 Å². The van der Waals surface area contributed by atoms with E-state index in [-0.39, 0.29) is 34.1 Å². The number of carbonyl (C=O) groups excluding carboxylic acids is 2. The maximum Gasteiger partial charge on any atom is 0.307 e. The predicted molar refractivity (Wildman–Crippen MR) is 126 cm³/mol. The van der Waals surface area contributed by atoms with Crippen LogP contribution in [-0.4, -0.2) is 42.1 Å². The van der Waals surface area contributed by atoms with Gasteiger partial charge in [-0.3, -0.25) is 19.3 Å². The van der Waals surface area contributed by atoms with Crippen molar-refractivity contribution < 1.29 is 38.5 Å². The molecule has 1 aliphatic heterocycles. The number of Topliss-reactive ketones (excluding diaryl/α,β-unsaturated/α-hetero) is 1. The number of carboxylic acid groups (broad SMARTS) is 1. The number of nitrogens with zero attached hydrogens (tertiary/aromatic N) is 1. The van der Waals surface area contributed by atoms with Gasteiger partial charge in [0.25, 0.3) is 11.7 Å². The van der Waals surface area contributed by atoms with Crippen molar-refractivity contribution in [2.75, 3.05) is 19.1 Å². The summed E-state index contributed by atoms with van der Waals surface area (Å²) in [5.74, 6) is -2.63. The Hall–Kier alpha value is -4.24. The molecule has 10 heteroatoms. The van der Waals surface area contributed by atoms with Gasteiger partial charge in [0.05, 0.1) is 43.1 Å². The van der Waals surface area contributed by atoms with Gasteiger partial charge >= 0.3 is 5.97 Å². The summed E-state index contributed by atoms with van der Waals surface area (Å²) in [4.78, 5) is 38.6. The Bertz CT molecular complexity index is 1330. The minimum absolute atomic E-state index is 0.0877. The maximum absolute atomic E-state index is 13.2. The lowest BCUT2D eigenvalue weighted by Gasteiger charge is -2.23. The van der Waals surface area contributed by atoms with E-state index in [1.165, 1.54) is 49.6 Å². The first-order valence-electron chi connectivity index (χ1n) is 10.3. The lowest BCUT2D eigenvalue weighted by Crippen LogP contribution is -2.29. The van der Waals surface area contributed by atoms with Crippen molar-refractivity contribution in [2.24, 2.45) is 0 Å². The normalized spacial score (nSPS) is 17.0. The molecule has 9 nitrogen and oxygen atoms in total. The van der Waals surface area contributed by atoms with E-state index in [4.69, 9.17) is 30.6 Å². The minimum Gasteiger partial charge on any atom is -0.507 e. The third kappa shape index (κ3) is 4.33. The number of halogens is 1. The number of benzene rings is 2. The molecule has 1 saturated heterocycles. The van der Waals surface area contributed by atoms with E-state index in [1.54, 1.807) is 24.3 Å². The molecule has 0 radical (unpaired) electrons. The summed E-state index contributed by atoms with van der Waals surface area (Å²) in [6, 6.07) is 11.1. The van der Waals surface area contributed by atoms with Gasteiger partial charge in [-0.15, -0.1) is 0 Å². The second-order valence-corrected chi connectivity index (χ2v) is 8.02. The van der Waals surface area contributed by atoms with Crippen molar-refractivity contribution in [3.63, 3.8) is 0 Å². The number of aliphatic carboxylic acids is 1. The summed E-state index contributed by atoms with van der Waals surface area (Å²) in [5, 5.41) is 20.4. The topological polar surface area (TPSA) is 127 Å². The van der Waals surface area contributed by atoms with Gasteiger partial charge in [-0.05, 0) is 35.9 Å². The highest BCUT2D eigenvalue weighted by Crippen LogP contribution is 2.44. The number of ether oxygens (including phenoxy) is 2. The molecule has 2 aromatic carbocycles. The smallest absolute Gasteiger partial charge is 0.307 e. The molecule has 2 heterocycles. The summed E-state index contributed by atoms with van der Waals surface area (Å²) in [5.41, 5.74) is 0.704. The van der Waals surface area contributed by atoms with Crippen LogP contribution in [-0.2, 0) is 20.8 Å².